The number of hydrogen-bond acceptors (Lipinski definition) is 10. The van der Waals surface area contributed by atoms with Crippen LogP contribution in [0.4, 0.5) is 0 Å². The van der Waals surface area contributed by atoms with Crippen LogP contribution in [0.3, 0.4) is 0 Å². The maximum atomic E-state index is 12.9. The second-order valence-corrected chi connectivity index (χ2v) is 23.0. The average molecular weight is 1100 g/mol. The molecule has 0 saturated carbocycles. The topological polar surface area (TPSA) is 155 Å². The van der Waals surface area contributed by atoms with Crippen molar-refractivity contribution in [3.63, 3.8) is 0 Å². The van der Waals surface area contributed by atoms with Gasteiger partial charge in [0.2, 0.25) is 0 Å². The summed E-state index contributed by atoms with van der Waals surface area (Å²) < 4.78 is 39.6. The van der Waals surface area contributed by atoms with Gasteiger partial charge in [0.25, 0.3) is 0 Å². The van der Waals surface area contributed by atoms with E-state index < -0.39 is 57.8 Å². The summed E-state index contributed by atoms with van der Waals surface area (Å²) in [5.74, 6) is -1.45. The van der Waals surface area contributed by atoms with E-state index in [0.717, 1.165) is 70.6 Å². The number of aliphatic hydroxyl groups is 1. The normalized spacial score (nSPS) is 13.5. The largest absolute Gasteiger partial charge is 0.472 e. The van der Waals surface area contributed by atoms with Gasteiger partial charge in [0.05, 0.1) is 19.8 Å². The van der Waals surface area contributed by atoms with Gasteiger partial charge in [-0.25, -0.2) is 4.57 Å². The van der Waals surface area contributed by atoms with Crippen molar-refractivity contribution in [1.82, 2.24) is 0 Å². The number of allylic oxidation sites excluding steroid dienone is 6. The fraction of sp³-hybridized carbons (Fsp3) is 0.859. The summed E-state index contributed by atoms with van der Waals surface area (Å²) in [4.78, 5) is 48.6. The number of aliphatic hydroxyl groups excluding tert-OH is 1. The summed E-state index contributed by atoms with van der Waals surface area (Å²) in [6.45, 7) is 4.66. The van der Waals surface area contributed by atoms with Crippen LogP contribution in [0.5, 0.6) is 0 Å². The molecule has 76 heavy (non-hydrogen) atoms. The Labute approximate surface area is 467 Å². The quantitative estimate of drug-likeness (QED) is 0.0197. The van der Waals surface area contributed by atoms with Gasteiger partial charge in [-0.05, 0) is 77.0 Å². The molecule has 3 atom stereocenters. The van der Waals surface area contributed by atoms with E-state index in [1.165, 1.54) is 186 Å². The molecule has 0 bridgehead atoms. The number of rotatable bonds is 60. The third kappa shape index (κ3) is 56.4. The Morgan fingerprint density at radius 2 is 0.645 bits per heavy atom. The lowest BCUT2D eigenvalue weighted by Crippen LogP contribution is -2.30. The minimum absolute atomic E-state index is 0.167. The van der Waals surface area contributed by atoms with Crippen molar-refractivity contribution in [2.75, 3.05) is 26.4 Å². The van der Waals surface area contributed by atoms with E-state index in [-0.39, 0.29) is 25.9 Å². The van der Waals surface area contributed by atoms with Crippen LogP contribution in [-0.2, 0) is 42.2 Å². The van der Waals surface area contributed by atoms with Crippen molar-refractivity contribution in [2.24, 2.45) is 0 Å². The van der Waals surface area contributed by atoms with Gasteiger partial charge >= 0.3 is 25.7 Å². The molecule has 0 aromatic carbocycles. The smallest absolute Gasteiger partial charge is 0.462 e. The Hall–Kier alpha value is -2.30. The van der Waals surface area contributed by atoms with Crippen molar-refractivity contribution in [1.29, 1.82) is 0 Å². The van der Waals surface area contributed by atoms with E-state index in [2.05, 4.69) is 57.2 Å². The van der Waals surface area contributed by atoms with Gasteiger partial charge in [-0.3, -0.25) is 23.4 Å². The summed E-state index contributed by atoms with van der Waals surface area (Å²) in [6.07, 6.45) is 62.4. The number of ether oxygens (including phenoxy) is 3. The van der Waals surface area contributed by atoms with Crippen LogP contribution in [0.1, 0.15) is 316 Å². The molecule has 0 amide bonds. The van der Waals surface area contributed by atoms with Crippen molar-refractivity contribution in [2.45, 2.75) is 328 Å². The zero-order chi connectivity index (χ0) is 55.5. The molecule has 0 aliphatic heterocycles. The van der Waals surface area contributed by atoms with E-state index in [4.69, 9.17) is 23.3 Å². The summed E-state index contributed by atoms with van der Waals surface area (Å²) >= 11 is 0. The van der Waals surface area contributed by atoms with Gasteiger partial charge in [0.15, 0.2) is 6.10 Å². The number of esters is 3. The van der Waals surface area contributed by atoms with Crippen molar-refractivity contribution >= 4 is 25.7 Å². The summed E-state index contributed by atoms with van der Waals surface area (Å²) in [7, 11) is -4.75. The second-order valence-electron chi connectivity index (χ2n) is 21.6. The van der Waals surface area contributed by atoms with Crippen LogP contribution in [-0.4, -0.2) is 66.5 Å². The number of hydrogen-bond donors (Lipinski definition) is 2. The Bertz CT molecular complexity index is 1420. The van der Waals surface area contributed by atoms with Gasteiger partial charge in [-0.2, -0.15) is 0 Å². The zero-order valence-corrected chi connectivity index (χ0v) is 50.4. The van der Waals surface area contributed by atoms with Crippen molar-refractivity contribution < 1.29 is 52.2 Å². The van der Waals surface area contributed by atoms with E-state index in [1.54, 1.807) is 0 Å². The highest BCUT2D eigenvalue weighted by Crippen LogP contribution is 2.43. The predicted octanol–water partition coefficient (Wildman–Crippen LogP) is 19.2. The Balaban J connectivity index is 4.59. The molecule has 0 spiro atoms. The highest BCUT2D eigenvalue weighted by atomic mass is 31.2. The van der Waals surface area contributed by atoms with E-state index in [0.29, 0.717) is 19.3 Å². The molecule has 2 N–H and O–H groups in total. The summed E-state index contributed by atoms with van der Waals surface area (Å²) in [5.41, 5.74) is 0. The fourth-order valence-corrected chi connectivity index (χ4v) is 9.93. The Morgan fingerprint density at radius 3 is 1.01 bits per heavy atom. The molecule has 0 aliphatic carbocycles. The molecule has 0 aromatic rings. The lowest BCUT2D eigenvalue weighted by molar-refractivity contribution is -0.161. The number of phosphoric acid groups is 1. The molecule has 446 valence electrons. The lowest BCUT2D eigenvalue weighted by Gasteiger charge is -2.21. The molecule has 0 aliphatic rings. The summed E-state index contributed by atoms with van der Waals surface area (Å²) in [5, 5.41) is 9.85. The first-order valence-electron chi connectivity index (χ1n) is 31.9. The first kappa shape index (κ1) is 73.7. The molecule has 0 rings (SSSR count). The van der Waals surface area contributed by atoms with E-state index >= 15 is 0 Å². The monoisotopic (exact) mass is 1090 g/mol. The standard InChI is InChI=1S/C64H119O11P/c1-4-7-10-13-16-19-22-24-26-28-30-32-34-36-39-42-45-48-51-54-63(67)74-60(56-65)58-72-76(69,70)73-59-61(57-71-62(66)53-50-47-44-41-38-21-18-15-12-9-6-3)75-64(68)55-52-49-46-43-40-37-35-33-31-29-27-25-23-20-17-14-11-8-5-2/h17,20,24-27,60-61,65H,4-16,18-19,21-23,28-59H2,1-3H3,(H,69,70)/b20-17-,26-24-,27-25-. The van der Waals surface area contributed by atoms with Gasteiger partial charge in [0, 0.05) is 19.3 Å². The number of unbranched alkanes of at least 4 members (excludes halogenated alkanes) is 37. The van der Waals surface area contributed by atoms with Crippen LogP contribution in [0, 0.1) is 0 Å². The maximum Gasteiger partial charge on any atom is 0.472 e. The molecule has 0 saturated heterocycles. The number of phosphoric ester groups is 1. The zero-order valence-electron chi connectivity index (χ0n) is 49.5. The predicted molar refractivity (Wildman–Crippen MR) is 316 cm³/mol. The number of carbonyl (C=O) groups is 3. The van der Waals surface area contributed by atoms with E-state index in [1.807, 2.05) is 0 Å². The molecular weight excluding hydrogens is 976 g/mol. The van der Waals surface area contributed by atoms with Crippen LogP contribution in [0.2, 0.25) is 0 Å². The Kier molecular flexibility index (Phi) is 57.1. The molecular formula is C64H119O11P. The molecule has 0 radical (unpaired) electrons. The van der Waals surface area contributed by atoms with Gasteiger partial charge in [-0.15, -0.1) is 0 Å². The molecule has 3 unspecified atom stereocenters. The van der Waals surface area contributed by atoms with Gasteiger partial charge < -0.3 is 24.2 Å². The van der Waals surface area contributed by atoms with Crippen LogP contribution in [0.15, 0.2) is 36.5 Å². The average Bonchev–Trinajstić information content (AvgIpc) is 3.41. The van der Waals surface area contributed by atoms with Crippen LogP contribution >= 0.6 is 7.82 Å². The molecule has 0 fully saturated rings. The van der Waals surface area contributed by atoms with Gasteiger partial charge in [-0.1, -0.05) is 256 Å². The molecule has 12 heteroatoms. The van der Waals surface area contributed by atoms with Crippen molar-refractivity contribution in [3.05, 3.63) is 36.5 Å². The molecule has 0 heterocycles. The third-order valence-corrected chi connectivity index (χ3v) is 15.0. The first-order valence-corrected chi connectivity index (χ1v) is 33.4. The first-order chi connectivity index (χ1) is 37.2. The van der Waals surface area contributed by atoms with Crippen molar-refractivity contribution in [3.8, 4) is 0 Å². The number of carbonyl (C=O) groups excluding carboxylic acids is 3. The van der Waals surface area contributed by atoms with Crippen LogP contribution < -0.4 is 0 Å². The Morgan fingerprint density at radius 1 is 0.368 bits per heavy atom. The SMILES string of the molecule is CCCCC/C=C\C/C=C\CCCCCCCCCCCC(=O)OC(COC(=O)CCCCCCCCCCCCC)COP(=O)(O)OCC(CO)OC(=O)CCCCCCCCCCC/C=C\CCCCCCCC. The third-order valence-electron chi connectivity index (χ3n) is 14.0. The van der Waals surface area contributed by atoms with Crippen LogP contribution in [0.25, 0.3) is 0 Å². The maximum absolute atomic E-state index is 12.9. The minimum atomic E-state index is -4.75. The van der Waals surface area contributed by atoms with E-state index in [9.17, 15) is 28.9 Å². The minimum Gasteiger partial charge on any atom is -0.462 e. The molecule has 11 nitrogen and oxygen atoms in total. The lowest BCUT2D eigenvalue weighted by atomic mass is 10.1. The highest BCUT2D eigenvalue weighted by Gasteiger charge is 2.28. The summed E-state index contributed by atoms with van der Waals surface area (Å²) in [6, 6.07) is 0. The molecule has 0 aromatic heterocycles. The van der Waals surface area contributed by atoms with Gasteiger partial charge in [0.1, 0.15) is 12.7 Å². The fourth-order valence-electron chi connectivity index (χ4n) is 9.15. The second kappa shape index (κ2) is 58.8. The highest BCUT2D eigenvalue weighted by molar-refractivity contribution is 7.47.